The number of sulfonamides is 1. The van der Waals surface area contributed by atoms with Crippen LogP contribution in [0.3, 0.4) is 0 Å². The number of carbonyl (C=O) groups excluding carboxylic acids is 1. The van der Waals surface area contributed by atoms with Crippen molar-refractivity contribution < 1.29 is 17.9 Å². The van der Waals surface area contributed by atoms with E-state index in [0.29, 0.717) is 17.9 Å². The lowest BCUT2D eigenvalue weighted by molar-refractivity contribution is -0.121. The first-order valence-electron chi connectivity index (χ1n) is 7.76. The standard InChI is InChI=1S/C18H22N2O4S/c1-14-11-16(9-10-17(14)24-3)25(22,23)20(2)13-18(21)19-12-15-7-5-4-6-8-15/h4-11H,12-13H2,1-3H3,(H,19,21). The zero-order valence-electron chi connectivity index (χ0n) is 14.5. The number of hydrogen-bond acceptors (Lipinski definition) is 4. The topological polar surface area (TPSA) is 75.7 Å². The number of amides is 1. The minimum atomic E-state index is -3.75. The van der Waals surface area contributed by atoms with E-state index in [1.165, 1.54) is 26.3 Å². The highest BCUT2D eigenvalue weighted by atomic mass is 32.2. The van der Waals surface area contributed by atoms with Crippen molar-refractivity contribution in [3.8, 4) is 5.75 Å². The van der Waals surface area contributed by atoms with Gasteiger partial charge in [-0.25, -0.2) is 8.42 Å². The molecule has 0 aliphatic carbocycles. The van der Waals surface area contributed by atoms with Crippen LogP contribution in [0, 0.1) is 6.92 Å². The summed E-state index contributed by atoms with van der Waals surface area (Å²) in [6, 6.07) is 14.0. The molecule has 0 fully saturated rings. The molecule has 2 rings (SSSR count). The van der Waals surface area contributed by atoms with E-state index in [9.17, 15) is 13.2 Å². The third-order valence-corrected chi connectivity index (χ3v) is 5.57. The Kier molecular flexibility index (Phi) is 6.17. The summed E-state index contributed by atoms with van der Waals surface area (Å²) >= 11 is 0. The predicted octanol–water partition coefficient (Wildman–Crippen LogP) is 1.94. The maximum absolute atomic E-state index is 12.6. The van der Waals surface area contributed by atoms with Gasteiger partial charge in [-0.3, -0.25) is 4.79 Å². The fraction of sp³-hybridized carbons (Fsp3) is 0.278. The van der Waals surface area contributed by atoms with Gasteiger partial charge in [-0.2, -0.15) is 4.31 Å². The molecule has 0 heterocycles. The lowest BCUT2D eigenvalue weighted by atomic mass is 10.2. The molecule has 1 N–H and O–H groups in total. The average molecular weight is 362 g/mol. The van der Waals surface area contributed by atoms with E-state index in [4.69, 9.17) is 4.74 Å². The Morgan fingerprint density at radius 1 is 1.16 bits per heavy atom. The van der Waals surface area contributed by atoms with Gasteiger partial charge in [0.05, 0.1) is 18.6 Å². The van der Waals surface area contributed by atoms with Crippen LogP contribution in [-0.2, 0) is 21.4 Å². The van der Waals surface area contributed by atoms with Crippen LogP contribution in [0.15, 0.2) is 53.4 Å². The molecule has 0 aliphatic heterocycles. The molecule has 0 saturated heterocycles. The Morgan fingerprint density at radius 2 is 1.84 bits per heavy atom. The number of aryl methyl sites for hydroxylation is 1. The number of ether oxygens (including phenoxy) is 1. The molecule has 25 heavy (non-hydrogen) atoms. The van der Waals surface area contributed by atoms with Crippen LogP contribution in [0.2, 0.25) is 0 Å². The highest BCUT2D eigenvalue weighted by Gasteiger charge is 2.23. The van der Waals surface area contributed by atoms with Crippen molar-refractivity contribution in [2.75, 3.05) is 20.7 Å². The molecule has 7 heteroatoms. The van der Waals surface area contributed by atoms with Crippen molar-refractivity contribution in [3.63, 3.8) is 0 Å². The first-order chi connectivity index (χ1) is 11.8. The van der Waals surface area contributed by atoms with Crippen molar-refractivity contribution in [1.29, 1.82) is 0 Å². The molecule has 1 amide bonds. The summed E-state index contributed by atoms with van der Waals surface area (Å²) in [5, 5.41) is 2.72. The minimum absolute atomic E-state index is 0.129. The summed E-state index contributed by atoms with van der Waals surface area (Å²) in [5.74, 6) is 0.252. The number of hydrogen-bond donors (Lipinski definition) is 1. The van der Waals surface area contributed by atoms with Crippen molar-refractivity contribution in [3.05, 3.63) is 59.7 Å². The van der Waals surface area contributed by atoms with Crippen molar-refractivity contribution in [2.45, 2.75) is 18.4 Å². The van der Waals surface area contributed by atoms with Gasteiger partial charge in [0.1, 0.15) is 5.75 Å². The highest BCUT2D eigenvalue weighted by Crippen LogP contribution is 2.23. The first-order valence-corrected chi connectivity index (χ1v) is 9.20. The molecule has 0 atom stereocenters. The normalized spacial score (nSPS) is 11.4. The Hall–Kier alpha value is -2.38. The van der Waals surface area contributed by atoms with Gasteiger partial charge in [-0.05, 0) is 36.2 Å². The zero-order chi connectivity index (χ0) is 18.4. The molecule has 0 spiro atoms. The van der Waals surface area contributed by atoms with E-state index in [2.05, 4.69) is 5.32 Å². The Labute approximate surface area is 148 Å². The van der Waals surface area contributed by atoms with Gasteiger partial charge >= 0.3 is 0 Å². The fourth-order valence-electron chi connectivity index (χ4n) is 2.33. The third-order valence-electron chi connectivity index (χ3n) is 3.77. The second kappa shape index (κ2) is 8.13. The smallest absolute Gasteiger partial charge is 0.243 e. The number of nitrogens with zero attached hydrogens (tertiary/aromatic N) is 1. The minimum Gasteiger partial charge on any atom is -0.496 e. The largest absolute Gasteiger partial charge is 0.496 e. The van der Waals surface area contributed by atoms with E-state index in [-0.39, 0.29) is 17.3 Å². The molecule has 0 radical (unpaired) electrons. The molecule has 0 aromatic heterocycles. The monoisotopic (exact) mass is 362 g/mol. The molecule has 6 nitrogen and oxygen atoms in total. The van der Waals surface area contributed by atoms with Gasteiger partial charge < -0.3 is 10.1 Å². The van der Waals surface area contributed by atoms with Gasteiger partial charge in [0.2, 0.25) is 15.9 Å². The number of benzene rings is 2. The summed E-state index contributed by atoms with van der Waals surface area (Å²) in [7, 11) is -0.834. The molecular weight excluding hydrogens is 340 g/mol. The predicted molar refractivity (Wildman–Crippen MR) is 95.8 cm³/mol. The van der Waals surface area contributed by atoms with Crippen LogP contribution in [-0.4, -0.2) is 39.3 Å². The summed E-state index contributed by atoms with van der Waals surface area (Å²) in [4.78, 5) is 12.2. The maximum Gasteiger partial charge on any atom is 0.243 e. The summed E-state index contributed by atoms with van der Waals surface area (Å²) < 4.78 is 31.4. The van der Waals surface area contributed by atoms with Crippen LogP contribution in [0.5, 0.6) is 5.75 Å². The Bertz CT molecular complexity index is 835. The zero-order valence-corrected chi connectivity index (χ0v) is 15.3. The van der Waals surface area contributed by atoms with Crippen molar-refractivity contribution in [1.82, 2.24) is 9.62 Å². The lowest BCUT2D eigenvalue weighted by Gasteiger charge is -2.17. The molecule has 0 unspecified atom stereocenters. The van der Waals surface area contributed by atoms with E-state index >= 15 is 0 Å². The summed E-state index contributed by atoms with van der Waals surface area (Å²) in [6.45, 7) is 1.87. The average Bonchev–Trinajstić information content (AvgIpc) is 2.60. The van der Waals surface area contributed by atoms with Crippen LogP contribution < -0.4 is 10.1 Å². The van der Waals surface area contributed by atoms with E-state index < -0.39 is 10.0 Å². The Morgan fingerprint density at radius 3 is 2.44 bits per heavy atom. The van der Waals surface area contributed by atoms with Gasteiger partial charge in [0.25, 0.3) is 0 Å². The van der Waals surface area contributed by atoms with Gasteiger partial charge in [-0.1, -0.05) is 30.3 Å². The molecular formula is C18H22N2O4S. The van der Waals surface area contributed by atoms with Crippen LogP contribution >= 0.6 is 0 Å². The summed E-state index contributed by atoms with van der Waals surface area (Å²) in [5.41, 5.74) is 1.66. The lowest BCUT2D eigenvalue weighted by Crippen LogP contribution is -2.38. The third kappa shape index (κ3) is 4.80. The fourth-order valence-corrected chi connectivity index (χ4v) is 3.54. The van der Waals surface area contributed by atoms with Crippen molar-refractivity contribution in [2.24, 2.45) is 0 Å². The van der Waals surface area contributed by atoms with Gasteiger partial charge in [0, 0.05) is 13.6 Å². The SMILES string of the molecule is COc1ccc(S(=O)(=O)N(C)CC(=O)NCc2ccccc2)cc1C. The van der Waals surface area contributed by atoms with Crippen LogP contribution in [0.1, 0.15) is 11.1 Å². The molecule has 2 aromatic carbocycles. The number of likely N-dealkylation sites (N-methyl/N-ethyl adjacent to an activating group) is 1. The first kappa shape index (κ1) is 19.0. The van der Waals surface area contributed by atoms with E-state index in [0.717, 1.165) is 9.87 Å². The van der Waals surface area contributed by atoms with E-state index in [1.807, 2.05) is 30.3 Å². The molecule has 134 valence electrons. The number of methoxy groups -OCH3 is 1. The molecule has 0 saturated carbocycles. The number of carbonyl (C=O) groups is 1. The highest BCUT2D eigenvalue weighted by molar-refractivity contribution is 7.89. The second-order valence-electron chi connectivity index (χ2n) is 5.65. The van der Waals surface area contributed by atoms with Crippen LogP contribution in [0.25, 0.3) is 0 Å². The van der Waals surface area contributed by atoms with Crippen LogP contribution in [0.4, 0.5) is 0 Å². The Balaban J connectivity index is 2.02. The van der Waals surface area contributed by atoms with Gasteiger partial charge in [0.15, 0.2) is 0 Å². The van der Waals surface area contributed by atoms with Crippen molar-refractivity contribution >= 4 is 15.9 Å². The quantitative estimate of drug-likeness (QED) is 0.817. The molecule has 2 aromatic rings. The molecule has 0 aliphatic rings. The summed E-state index contributed by atoms with van der Waals surface area (Å²) in [6.07, 6.45) is 0. The number of nitrogens with one attached hydrogen (secondary N) is 1. The molecule has 0 bridgehead atoms. The van der Waals surface area contributed by atoms with E-state index in [1.54, 1.807) is 13.0 Å². The maximum atomic E-state index is 12.6. The second-order valence-corrected chi connectivity index (χ2v) is 7.70. The van der Waals surface area contributed by atoms with Gasteiger partial charge in [-0.15, -0.1) is 0 Å². The number of rotatable bonds is 7.